The van der Waals surface area contributed by atoms with Crippen molar-refractivity contribution in [2.75, 3.05) is 6.54 Å². The zero-order valence-electron chi connectivity index (χ0n) is 13.9. The monoisotopic (exact) mass is 325 g/mol. The first-order valence-electron chi connectivity index (χ1n) is 8.52. The molecule has 0 aliphatic carbocycles. The quantitative estimate of drug-likeness (QED) is 0.666. The number of carbonyl (C=O) groups is 1. The number of carbonyl (C=O) groups excluding carboxylic acids is 1. The van der Waals surface area contributed by atoms with Crippen molar-refractivity contribution >= 4 is 11.6 Å². The molecule has 2 heteroatoms. The molecule has 0 radical (unpaired) electrons. The predicted octanol–water partition coefficient (Wildman–Crippen LogP) is 4.97. The molecule has 25 heavy (non-hydrogen) atoms. The molecule has 1 atom stereocenters. The Labute approximate surface area is 148 Å². The summed E-state index contributed by atoms with van der Waals surface area (Å²) in [6.07, 6.45) is 2.21. The average molecular weight is 325 g/mol. The molecule has 1 amide bonds. The van der Waals surface area contributed by atoms with E-state index in [2.05, 4.69) is 30.3 Å². The molecular weight excluding hydrogens is 306 g/mol. The number of amides is 1. The van der Waals surface area contributed by atoms with Gasteiger partial charge in [-0.2, -0.15) is 0 Å². The van der Waals surface area contributed by atoms with Gasteiger partial charge in [-0.3, -0.25) is 4.79 Å². The summed E-state index contributed by atoms with van der Waals surface area (Å²) >= 11 is 0. The lowest BCUT2D eigenvalue weighted by Gasteiger charge is -2.22. The summed E-state index contributed by atoms with van der Waals surface area (Å²) in [5, 5.41) is 0. The van der Waals surface area contributed by atoms with Crippen molar-refractivity contribution in [3.8, 4) is 0 Å². The van der Waals surface area contributed by atoms with Gasteiger partial charge in [0, 0.05) is 23.7 Å². The highest BCUT2D eigenvalue weighted by Crippen LogP contribution is 2.35. The van der Waals surface area contributed by atoms with Crippen molar-refractivity contribution in [1.29, 1.82) is 0 Å². The zero-order valence-corrected chi connectivity index (χ0v) is 13.9. The van der Waals surface area contributed by atoms with Crippen molar-refractivity contribution in [3.05, 3.63) is 114 Å². The first-order valence-corrected chi connectivity index (χ1v) is 8.52. The number of benzene rings is 3. The van der Waals surface area contributed by atoms with Gasteiger partial charge in [0.25, 0.3) is 5.91 Å². The minimum atomic E-state index is 0.0501. The average Bonchev–Trinajstić information content (AvgIpc) is 3.15. The van der Waals surface area contributed by atoms with Crippen LogP contribution in [0.15, 0.2) is 97.1 Å². The number of rotatable bonds is 3. The first kappa shape index (κ1) is 15.4. The van der Waals surface area contributed by atoms with E-state index in [0.29, 0.717) is 6.54 Å². The molecule has 0 N–H and O–H groups in total. The molecule has 0 saturated carbocycles. The Morgan fingerprint density at radius 1 is 0.760 bits per heavy atom. The molecule has 0 fully saturated rings. The van der Waals surface area contributed by atoms with E-state index in [9.17, 15) is 4.79 Å². The van der Waals surface area contributed by atoms with E-state index in [0.717, 1.165) is 16.8 Å². The van der Waals surface area contributed by atoms with Crippen molar-refractivity contribution in [3.63, 3.8) is 0 Å². The molecular formula is C23H19NO. The van der Waals surface area contributed by atoms with Crippen molar-refractivity contribution in [2.24, 2.45) is 0 Å². The molecule has 1 aliphatic rings. The zero-order chi connectivity index (χ0) is 17.1. The molecule has 122 valence electrons. The van der Waals surface area contributed by atoms with Crippen LogP contribution in [-0.4, -0.2) is 17.4 Å². The fourth-order valence-corrected chi connectivity index (χ4v) is 3.32. The maximum Gasteiger partial charge on any atom is 0.258 e. The minimum Gasteiger partial charge on any atom is -0.307 e. The molecule has 0 bridgehead atoms. The SMILES string of the molecule is O=C(c1ccccc1)N1C[C@@H](c2ccccc2)C=C1c1ccccc1. The summed E-state index contributed by atoms with van der Waals surface area (Å²) in [4.78, 5) is 15.0. The third-order valence-corrected chi connectivity index (χ3v) is 4.59. The van der Waals surface area contributed by atoms with E-state index in [1.54, 1.807) is 0 Å². The topological polar surface area (TPSA) is 20.3 Å². The van der Waals surface area contributed by atoms with Gasteiger partial charge < -0.3 is 4.90 Å². The van der Waals surface area contributed by atoms with Gasteiger partial charge in [-0.15, -0.1) is 0 Å². The lowest BCUT2D eigenvalue weighted by atomic mass is 10.00. The van der Waals surface area contributed by atoms with Crippen LogP contribution in [0, 0.1) is 0 Å². The van der Waals surface area contributed by atoms with Crippen LogP contribution in [0.3, 0.4) is 0 Å². The van der Waals surface area contributed by atoms with Crippen LogP contribution in [0.1, 0.15) is 27.4 Å². The highest BCUT2D eigenvalue weighted by molar-refractivity contribution is 6.00. The normalized spacial score (nSPS) is 16.6. The van der Waals surface area contributed by atoms with Crippen LogP contribution in [0.25, 0.3) is 5.70 Å². The Morgan fingerprint density at radius 3 is 1.96 bits per heavy atom. The van der Waals surface area contributed by atoms with Crippen LogP contribution in [-0.2, 0) is 0 Å². The summed E-state index contributed by atoms with van der Waals surface area (Å²) in [5.74, 6) is 0.262. The van der Waals surface area contributed by atoms with Gasteiger partial charge in [0.2, 0.25) is 0 Å². The fourth-order valence-electron chi connectivity index (χ4n) is 3.32. The maximum absolute atomic E-state index is 13.1. The Kier molecular flexibility index (Phi) is 4.17. The van der Waals surface area contributed by atoms with Crippen LogP contribution in [0.4, 0.5) is 0 Å². The largest absolute Gasteiger partial charge is 0.307 e. The summed E-state index contributed by atoms with van der Waals surface area (Å²) < 4.78 is 0. The van der Waals surface area contributed by atoms with Crippen molar-refractivity contribution in [1.82, 2.24) is 4.90 Å². The van der Waals surface area contributed by atoms with Gasteiger partial charge in [-0.1, -0.05) is 84.9 Å². The summed E-state index contributed by atoms with van der Waals surface area (Å²) in [6, 6.07) is 30.0. The van der Waals surface area contributed by atoms with Gasteiger partial charge >= 0.3 is 0 Å². The minimum absolute atomic E-state index is 0.0501. The van der Waals surface area contributed by atoms with E-state index in [1.165, 1.54) is 5.56 Å². The molecule has 0 saturated heterocycles. The highest BCUT2D eigenvalue weighted by Gasteiger charge is 2.30. The Morgan fingerprint density at radius 2 is 1.32 bits per heavy atom. The molecule has 1 aliphatic heterocycles. The lowest BCUT2D eigenvalue weighted by molar-refractivity contribution is 0.0841. The van der Waals surface area contributed by atoms with Crippen molar-refractivity contribution < 1.29 is 4.79 Å². The van der Waals surface area contributed by atoms with E-state index in [4.69, 9.17) is 0 Å². The van der Waals surface area contributed by atoms with Gasteiger partial charge in [0.1, 0.15) is 0 Å². The maximum atomic E-state index is 13.1. The summed E-state index contributed by atoms with van der Waals surface area (Å²) in [7, 11) is 0. The van der Waals surface area contributed by atoms with Gasteiger partial charge in [0.15, 0.2) is 0 Å². The molecule has 2 nitrogen and oxygen atoms in total. The third kappa shape index (κ3) is 3.11. The highest BCUT2D eigenvalue weighted by atomic mass is 16.2. The van der Waals surface area contributed by atoms with Gasteiger partial charge in [0.05, 0.1) is 0 Å². The predicted molar refractivity (Wildman–Crippen MR) is 101 cm³/mol. The van der Waals surface area contributed by atoms with E-state index in [-0.39, 0.29) is 11.8 Å². The fraction of sp³-hybridized carbons (Fsp3) is 0.0870. The summed E-state index contributed by atoms with van der Waals surface area (Å²) in [6.45, 7) is 0.669. The van der Waals surface area contributed by atoms with Crippen LogP contribution < -0.4 is 0 Å². The Balaban J connectivity index is 1.73. The second-order valence-electron chi connectivity index (χ2n) is 6.22. The smallest absolute Gasteiger partial charge is 0.258 e. The summed E-state index contributed by atoms with van der Waals surface area (Å²) in [5.41, 5.74) is 4.02. The molecule has 0 spiro atoms. The standard InChI is InChI=1S/C23H19NO/c25-23(20-14-8-3-9-15-20)24-17-21(18-10-4-1-5-11-18)16-22(24)19-12-6-2-7-13-19/h1-16,21H,17H2/t21-/m0/s1. The lowest BCUT2D eigenvalue weighted by Crippen LogP contribution is -2.28. The second-order valence-corrected chi connectivity index (χ2v) is 6.22. The number of hydrogen-bond acceptors (Lipinski definition) is 1. The van der Waals surface area contributed by atoms with Crippen LogP contribution in [0.2, 0.25) is 0 Å². The van der Waals surface area contributed by atoms with Gasteiger partial charge in [-0.05, 0) is 23.3 Å². The van der Waals surface area contributed by atoms with Crippen LogP contribution >= 0.6 is 0 Å². The van der Waals surface area contributed by atoms with E-state index in [1.807, 2.05) is 71.6 Å². The van der Waals surface area contributed by atoms with E-state index < -0.39 is 0 Å². The molecule has 0 unspecified atom stereocenters. The molecule has 1 heterocycles. The van der Waals surface area contributed by atoms with Gasteiger partial charge in [-0.25, -0.2) is 0 Å². The Bertz CT molecular complexity index is 885. The van der Waals surface area contributed by atoms with E-state index >= 15 is 0 Å². The Hall–Kier alpha value is -3.13. The first-order chi connectivity index (χ1) is 12.3. The molecule has 4 rings (SSSR count). The molecule has 0 aromatic heterocycles. The van der Waals surface area contributed by atoms with Crippen LogP contribution in [0.5, 0.6) is 0 Å². The molecule has 3 aromatic carbocycles. The second kappa shape index (κ2) is 6.78. The number of nitrogens with zero attached hydrogens (tertiary/aromatic N) is 1. The van der Waals surface area contributed by atoms with Crippen molar-refractivity contribution in [2.45, 2.75) is 5.92 Å². The third-order valence-electron chi connectivity index (χ3n) is 4.59. The number of hydrogen-bond donors (Lipinski definition) is 0. The molecule has 3 aromatic rings.